The van der Waals surface area contributed by atoms with Crippen molar-refractivity contribution < 1.29 is 14.7 Å². The normalized spacial score (nSPS) is 17.2. The molecule has 2 N–H and O–H groups in total. The van der Waals surface area contributed by atoms with Gasteiger partial charge in [-0.25, -0.2) is 4.79 Å². The first-order chi connectivity index (χ1) is 10.4. The van der Waals surface area contributed by atoms with E-state index in [0.29, 0.717) is 6.54 Å². The largest absolute Gasteiger partial charge is 0.481 e. The Labute approximate surface area is 131 Å². The van der Waals surface area contributed by atoms with Gasteiger partial charge in [0.1, 0.15) is 0 Å². The summed E-state index contributed by atoms with van der Waals surface area (Å²) in [5.74, 6) is -1.46. The zero-order chi connectivity index (χ0) is 16.2. The van der Waals surface area contributed by atoms with Gasteiger partial charge in [-0.3, -0.25) is 4.79 Å². The highest BCUT2D eigenvalue weighted by atomic mass is 16.4. The van der Waals surface area contributed by atoms with E-state index < -0.39 is 11.9 Å². The van der Waals surface area contributed by atoms with Gasteiger partial charge in [0, 0.05) is 25.6 Å². The maximum absolute atomic E-state index is 12.1. The number of hydrogen-bond donors (Lipinski definition) is 2. The van der Waals surface area contributed by atoms with Crippen LogP contribution in [0.4, 0.5) is 4.79 Å². The Morgan fingerprint density at radius 1 is 1.32 bits per heavy atom. The molecule has 1 saturated carbocycles. The van der Waals surface area contributed by atoms with Crippen molar-refractivity contribution in [1.29, 1.82) is 0 Å². The Kier molecular flexibility index (Phi) is 5.06. The van der Waals surface area contributed by atoms with Crippen molar-refractivity contribution >= 4 is 12.0 Å². The first-order valence-corrected chi connectivity index (χ1v) is 7.72. The van der Waals surface area contributed by atoms with E-state index in [9.17, 15) is 9.59 Å². The molecule has 1 aromatic rings. The van der Waals surface area contributed by atoms with E-state index in [-0.39, 0.29) is 18.0 Å². The molecule has 0 aromatic heterocycles. The Balaban J connectivity index is 1.91. The second-order valence-electron chi connectivity index (χ2n) is 6.28. The lowest BCUT2D eigenvalue weighted by Crippen LogP contribution is -2.49. The third kappa shape index (κ3) is 3.59. The molecule has 22 heavy (non-hydrogen) atoms. The number of carboxylic acid groups (broad SMARTS) is 1. The van der Waals surface area contributed by atoms with E-state index >= 15 is 0 Å². The van der Waals surface area contributed by atoms with Crippen LogP contribution < -0.4 is 5.32 Å². The fraction of sp³-hybridized carbons (Fsp3) is 0.529. The zero-order valence-electron chi connectivity index (χ0n) is 13.2. The lowest BCUT2D eigenvalue weighted by atomic mass is 9.64. The number of nitrogens with one attached hydrogen (secondary N) is 1. The summed E-state index contributed by atoms with van der Waals surface area (Å²) in [5, 5.41) is 11.9. The molecule has 2 rings (SSSR count). The standard InChI is InChI=1S/C17H24N2O3/c1-13(15(20)21)11-19(2)16(22)18-12-17(9-6-10-17)14-7-4-3-5-8-14/h3-5,7-8,13H,6,9-12H2,1-2H3,(H,18,22)(H,20,21). The number of hydrogen-bond acceptors (Lipinski definition) is 2. The summed E-state index contributed by atoms with van der Waals surface area (Å²) in [4.78, 5) is 24.4. The van der Waals surface area contributed by atoms with Crippen LogP contribution >= 0.6 is 0 Å². The van der Waals surface area contributed by atoms with Gasteiger partial charge in [-0.05, 0) is 18.4 Å². The molecule has 1 atom stereocenters. The maximum Gasteiger partial charge on any atom is 0.317 e. The van der Waals surface area contributed by atoms with Crippen LogP contribution in [0.5, 0.6) is 0 Å². The molecule has 0 heterocycles. The number of nitrogens with zero attached hydrogens (tertiary/aromatic N) is 1. The topological polar surface area (TPSA) is 69.6 Å². The predicted molar refractivity (Wildman–Crippen MR) is 84.8 cm³/mol. The Bertz CT molecular complexity index is 526. The van der Waals surface area contributed by atoms with Crippen LogP contribution in [0.2, 0.25) is 0 Å². The molecule has 1 fully saturated rings. The van der Waals surface area contributed by atoms with Gasteiger partial charge in [0.05, 0.1) is 5.92 Å². The number of carbonyl (C=O) groups excluding carboxylic acids is 1. The molecule has 5 heteroatoms. The first kappa shape index (κ1) is 16.3. The van der Waals surface area contributed by atoms with Crippen molar-refractivity contribution in [1.82, 2.24) is 10.2 Å². The molecule has 0 bridgehead atoms. The first-order valence-electron chi connectivity index (χ1n) is 7.72. The van der Waals surface area contributed by atoms with Gasteiger partial charge in [0.25, 0.3) is 0 Å². The van der Waals surface area contributed by atoms with Gasteiger partial charge >= 0.3 is 12.0 Å². The lowest BCUT2D eigenvalue weighted by molar-refractivity contribution is -0.141. The third-order valence-corrected chi connectivity index (χ3v) is 4.59. The monoisotopic (exact) mass is 304 g/mol. The summed E-state index contributed by atoms with van der Waals surface area (Å²) >= 11 is 0. The lowest BCUT2D eigenvalue weighted by Gasteiger charge is -2.43. The van der Waals surface area contributed by atoms with Crippen LogP contribution in [0, 0.1) is 5.92 Å². The van der Waals surface area contributed by atoms with Crippen molar-refractivity contribution in [3.63, 3.8) is 0 Å². The number of urea groups is 1. The molecule has 1 aromatic carbocycles. The van der Waals surface area contributed by atoms with E-state index in [2.05, 4.69) is 17.4 Å². The molecule has 1 unspecified atom stereocenters. The van der Waals surface area contributed by atoms with Crippen LogP contribution in [0.3, 0.4) is 0 Å². The zero-order valence-corrected chi connectivity index (χ0v) is 13.2. The van der Waals surface area contributed by atoms with E-state index in [1.165, 1.54) is 16.9 Å². The van der Waals surface area contributed by atoms with E-state index in [0.717, 1.165) is 12.8 Å². The Morgan fingerprint density at radius 3 is 2.45 bits per heavy atom. The van der Waals surface area contributed by atoms with E-state index in [4.69, 9.17) is 5.11 Å². The average molecular weight is 304 g/mol. The van der Waals surface area contributed by atoms with Crippen molar-refractivity contribution in [2.75, 3.05) is 20.1 Å². The molecule has 0 aliphatic heterocycles. The van der Waals surface area contributed by atoms with Crippen LogP contribution in [0.15, 0.2) is 30.3 Å². The van der Waals surface area contributed by atoms with Crippen LogP contribution in [-0.2, 0) is 10.2 Å². The van der Waals surface area contributed by atoms with E-state index in [1.807, 2.05) is 18.2 Å². The van der Waals surface area contributed by atoms with E-state index in [1.54, 1.807) is 14.0 Å². The minimum absolute atomic E-state index is 0.0379. The minimum atomic E-state index is -0.889. The van der Waals surface area contributed by atoms with Gasteiger partial charge in [0.15, 0.2) is 0 Å². The summed E-state index contributed by atoms with van der Waals surface area (Å²) < 4.78 is 0. The van der Waals surface area contributed by atoms with Gasteiger partial charge in [-0.2, -0.15) is 0 Å². The number of carbonyl (C=O) groups is 2. The van der Waals surface area contributed by atoms with Crippen molar-refractivity contribution in [2.45, 2.75) is 31.6 Å². The highest BCUT2D eigenvalue weighted by Gasteiger charge is 2.38. The summed E-state index contributed by atoms with van der Waals surface area (Å²) in [6.45, 7) is 2.41. The van der Waals surface area contributed by atoms with Crippen LogP contribution in [-0.4, -0.2) is 42.1 Å². The molecule has 0 spiro atoms. The number of rotatable bonds is 6. The summed E-state index contributed by atoms with van der Waals surface area (Å²) in [7, 11) is 1.63. The van der Waals surface area contributed by atoms with Gasteiger partial charge in [-0.1, -0.05) is 43.7 Å². The highest BCUT2D eigenvalue weighted by molar-refractivity contribution is 5.75. The van der Waals surface area contributed by atoms with Gasteiger partial charge < -0.3 is 15.3 Å². The van der Waals surface area contributed by atoms with Crippen molar-refractivity contribution in [2.24, 2.45) is 5.92 Å². The minimum Gasteiger partial charge on any atom is -0.481 e. The number of amides is 2. The summed E-state index contributed by atoms with van der Waals surface area (Å²) in [5.41, 5.74) is 1.30. The Hall–Kier alpha value is -2.04. The second kappa shape index (κ2) is 6.81. The molecule has 5 nitrogen and oxygen atoms in total. The van der Waals surface area contributed by atoms with Gasteiger partial charge in [-0.15, -0.1) is 0 Å². The average Bonchev–Trinajstić information content (AvgIpc) is 2.46. The van der Waals surface area contributed by atoms with Gasteiger partial charge in [0.2, 0.25) is 0 Å². The van der Waals surface area contributed by atoms with Crippen LogP contribution in [0.1, 0.15) is 31.7 Å². The van der Waals surface area contributed by atoms with Crippen molar-refractivity contribution in [3.8, 4) is 0 Å². The quantitative estimate of drug-likeness (QED) is 0.848. The molecule has 1 aliphatic carbocycles. The Morgan fingerprint density at radius 2 is 1.95 bits per heavy atom. The SMILES string of the molecule is CC(CN(C)C(=O)NCC1(c2ccccc2)CCC1)C(=O)O. The molecular weight excluding hydrogens is 280 g/mol. The van der Waals surface area contributed by atoms with Crippen molar-refractivity contribution in [3.05, 3.63) is 35.9 Å². The molecule has 0 saturated heterocycles. The third-order valence-electron chi connectivity index (χ3n) is 4.59. The molecule has 0 radical (unpaired) electrons. The molecule has 2 amide bonds. The summed E-state index contributed by atoms with van der Waals surface area (Å²) in [6, 6.07) is 10.1. The fourth-order valence-electron chi connectivity index (χ4n) is 2.91. The number of benzene rings is 1. The second-order valence-corrected chi connectivity index (χ2v) is 6.28. The fourth-order valence-corrected chi connectivity index (χ4v) is 2.91. The molecular formula is C17H24N2O3. The number of aliphatic carboxylic acids is 1. The predicted octanol–water partition coefficient (Wildman–Crippen LogP) is 2.47. The van der Waals surface area contributed by atoms with Crippen LogP contribution in [0.25, 0.3) is 0 Å². The molecule has 1 aliphatic rings. The summed E-state index contributed by atoms with van der Waals surface area (Å²) in [6.07, 6.45) is 3.33. The maximum atomic E-state index is 12.1. The highest BCUT2D eigenvalue weighted by Crippen LogP contribution is 2.43. The molecule has 120 valence electrons. The smallest absolute Gasteiger partial charge is 0.317 e. The number of carboxylic acids is 1.